The highest BCUT2D eigenvalue weighted by Gasteiger charge is 2.40. The van der Waals surface area contributed by atoms with Crippen molar-refractivity contribution in [1.29, 1.82) is 0 Å². The number of nitrogens with zero attached hydrogens (tertiary/aromatic N) is 1. The minimum absolute atomic E-state index is 0.0455. The number of amides is 1. The lowest BCUT2D eigenvalue weighted by Crippen LogP contribution is -2.39. The van der Waals surface area contributed by atoms with Crippen LogP contribution in [0, 0.1) is 11.8 Å². The standard InChI is InChI=1S/C19H31NO4/c1-13-6-8-15(9-7-13)20-12-14(10-18(20)21)19(22)24-17-5-3-4-16(11-17)23-2/h13-17H,3-12H2,1-2H3. The first-order valence-corrected chi connectivity index (χ1v) is 9.59. The minimum Gasteiger partial charge on any atom is -0.462 e. The van der Waals surface area contributed by atoms with Gasteiger partial charge in [-0.05, 0) is 50.9 Å². The predicted octanol–water partition coefficient (Wildman–Crippen LogP) is 2.91. The molecule has 0 radical (unpaired) electrons. The van der Waals surface area contributed by atoms with E-state index in [1.54, 1.807) is 7.11 Å². The number of esters is 1. The van der Waals surface area contributed by atoms with Crippen LogP contribution in [0.5, 0.6) is 0 Å². The van der Waals surface area contributed by atoms with Crippen LogP contribution in [0.3, 0.4) is 0 Å². The summed E-state index contributed by atoms with van der Waals surface area (Å²) in [5.74, 6) is 0.436. The quantitative estimate of drug-likeness (QED) is 0.740. The number of carbonyl (C=O) groups is 2. The molecule has 3 atom stereocenters. The lowest BCUT2D eigenvalue weighted by Gasteiger charge is -2.33. The number of likely N-dealkylation sites (tertiary alicyclic amines) is 1. The molecule has 0 aromatic heterocycles. The molecule has 3 rings (SSSR count). The summed E-state index contributed by atoms with van der Waals surface area (Å²) in [6.07, 6.45) is 8.77. The van der Waals surface area contributed by atoms with Crippen LogP contribution in [-0.4, -0.2) is 48.7 Å². The normalized spacial score (nSPS) is 37.5. The van der Waals surface area contributed by atoms with Gasteiger partial charge < -0.3 is 14.4 Å². The van der Waals surface area contributed by atoms with Crippen molar-refractivity contribution >= 4 is 11.9 Å². The molecule has 1 amide bonds. The van der Waals surface area contributed by atoms with Crippen LogP contribution in [0.2, 0.25) is 0 Å². The van der Waals surface area contributed by atoms with Gasteiger partial charge in [-0.15, -0.1) is 0 Å². The second-order valence-corrected chi connectivity index (χ2v) is 7.94. The van der Waals surface area contributed by atoms with E-state index in [9.17, 15) is 9.59 Å². The predicted molar refractivity (Wildman–Crippen MR) is 90.4 cm³/mol. The lowest BCUT2D eigenvalue weighted by atomic mass is 9.87. The number of carbonyl (C=O) groups excluding carboxylic acids is 2. The molecular formula is C19H31NO4. The van der Waals surface area contributed by atoms with E-state index in [2.05, 4.69) is 6.92 Å². The van der Waals surface area contributed by atoms with Gasteiger partial charge in [0.15, 0.2) is 0 Å². The summed E-state index contributed by atoms with van der Waals surface area (Å²) >= 11 is 0. The van der Waals surface area contributed by atoms with Crippen molar-refractivity contribution < 1.29 is 19.1 Å². The van der Waals surface area contributed by atoms with Crippen molar-refractivity contribution in [1.82, 2.24) is 4.90 Å². The smallest absolute Gasteiger partial charge is 0.311 e. The third-order valence-corrected chi connectivity index (χ3v) is 6.11. The van der Waals surface area contributed by atoms with Crippen LogP contribution < -0.4 is 0 Å². The Balaban J connectivity index is 1.50. The lowest BCUT2D eigenvalue weighted by molar-refractivity contribution is -0.157. The average Bonchev–Trinajstić information content (AvgIpc) is 2.98. The number of hydrogen-bond donors (Lipinski definition) is 0. The molecule has 0 N–H and O–H groups in total. The van der Waals surface area contributed by atoms with E-state index in [1.807, 2.05) is 4.90 Å². The molecule has 5 heteroatoms. The monoisotopic (exact) mass is 337 g/mol. The molecule has 0 spiro atoms. The Morgan fingerprint density at radius 2 is 1.79 bits per heavy atom. The Kier molecular flexibility index (Phi) is 5.80. The molecule has 2 aliphatic carbocycles. The van der Waals surface area contributed by atoms with Crippen molar-refractivity contribution in [3.05, 3.63) is 0 Å². The largest absolute Gasteiger partial charge is 0.462 e. The van der Waals surface area contributed by atoms with E-state index in [0.29, 0.717) is 19.0 Å². The summed E-state index contributed by atoms with van der Waals surface area (Å²) < 4.78 is 11.1. The fourth-order valence-electron chi connectivity index (χ4n) is 4.48. The fourth-order valence-corrected chi connectivity index (χ4v) is 4.48. The Bertz CT molecular complexity index is 458. The molecule has 1 saturated heterocycles. The summed E-state index contributed by atoms with van der Waals surface area (Å²) in [5, 5.41) is 0. The van der Waals surface area contributed by atoms with E-state index in [4.69, 9.17) is 9.47 Å². The van der Waals surface area contributed by atoms with Gasteiger partial charge in [0.25, 0.3) is 0 Å². The highest BCUT2D eigenvalue weighted by Crippen LogP contribution is 2.32. The molecule has 24 heavy (non-hydrogen) atoms. The Morgan fingerprint density at radius 1 is 1.08 bits per heavy atom. The molecule has 3 unspecified atom stereocenters. The first-order chi connectivity index (χ1) is 11.6. The minimum atomic E-state index is -0.278. The van der Waals surface area contributed by atoms with Crippen LogP contribution in [0.1, 0.15) is 64.7 Å². The second-order valence-electron chi connectivity index (χ2n) is 7.94. The summed E-state index contributed by atoms with van der Waals surface area (Å²) in [4.78, 5) is 26.8. The maximum atomic E-state index is 12.5. The van der Waals surface area contributed by atoms with Crippen molar-refractivity contribution in [2.24, 2.45) is 11.8 Å². The van der Waals surface area contributed by atoms with Gasteiger partial charge >= 0.3 is 5.97 Å². The zero-order chi connectivity index (χ0) is 17.1. The van der Waals surface area contributed by atoms with E-state index < -0.39 is 0 Å². The van der Waals surface area contributed by atoms with Gasteiger partial charge in [0, 0.05) is 32.5 Å². The topological polar surface area (TPSA) is 55.8 Å². The third kappa shape index (κ3) is 4.11. The molecule has 0 aromatic carbocycles. The van der Waals surface area contributed by atoms with Crippen molar-refractivity contribution in [3.63, 3.8) is 0 Å². The number of hydrogen-bond acceptors (Lipinski definition) is 4. The molecule has 0 aromatic rings. The van der Waals surface area contributed by atoms with Gasteiger partial charge in [-0.1, -0.05) is 6.92 Å². The van der Waals surface area contributed by atoms with Gasteiger partial charge in [0.2, 0.25) is 5.91 Å². The Hall–Kier alpha value is -1.10. The molecule has 1 aliphatic heterocycles. The van der Waals surface area contributed by atoms with Crippen LogP contribution in [0.15, 0.2) is 0 Å². The maximum Gasteiger partial charge on any atom is 0.311 e. The molecule has 5 nitrogen and oxygen atoms in total. The van der Waals surface area contributed by atoms with Crippen LogP contribution >= 0.6 is 0 Å². The summed E-state index contributed by atoms with van der Waals surface area (Å²) in [6.45, 7) is 2.83. The number of methoxy groups -OCH3 is 1. The van der Waals surface area contributed by atoms with Crippen LogP contribution in [0.4, 0.5) is 0 Å². The molecule has 3 aliphatic rings. The maximum absolute atomic E-state index is 12.5. The molecule has 2 saturated carbocycles. The van der Waals surface area contributed by atoms with Crippen LogP contribution in [0.25, 0.3) is 0 Å². The third-order valence-electron chi connectivity index (χ3n) is 6.11. The van der Waals surface area contributed by atoms with Gasteiger partial charge in [-0.25, -0.2) is 0 Å². The summed E-state index contributed by atoms with van der Waals surface area (Å²) in [5.41, 5.74) is 0. The second kappa shape index (κ2) is 7.85. The molecule has 0 bridgehead atoms. The van der Waals surface area contributed by atoms with Crippen molar-refractivity contribution in [3.8, 4) is 0 Å². The zero-order valence-electron chi connectivity index (χ0n) is 15.0. The first-order valence-electron chi connectivity index (χ1n) is 9.59. The fraction of sp³-hybridized carbons (Fsp3) is 0.895. The SMILES string of the molecule is COC1CCCC(OC(=O)C2CC(=O)N(C3CCC(C)CC3)C2)C1. The Morgan fingerprint density at radius 3 is 2.50 bits per heavy atom. The number of rotatable bonds is 4. The van der Waals surface area contributed by atoms with Crippen molar-refractivity contribution in [2.75, 3.05) is 13.7 Å². The van der Waals surface area contributed by atoms with Gasteiger partial charge in [0.1, 0.15) is 6.10 Å². The Labute approximate surface area is 145 Å². The molecule has 136 valence electrons. The molecular weight excluding hydrogens is 306 g/mol. The van der Waals surface area contributed by atoms with E-state index in [-0.39, 0.29) is 30.0 Å². The van der Waals surface area contributed by atoms with E-state index in [0.717, 1.165) is 44.4 Å². The van der Waals surface area contributed by atoms with Crippen LogP contribution in [-0.2, 0) is 19.1 Å². The molecule has 1 heterocycles. The first kappa shape index (κ1) is 17.7. The highest BCUT2D eigenvalue weighted by molar-refractivity contribution is 5.87. The van der Waals surface area contributed by atoms with Gasteiger partial charge in [-0.3, -0.25) is 9.59 Å². The number of ether oxygens (including phenoxy) is 2. The molecule has 3 fully saturated rings. The van der Waals surface area contributed by atoms with E-state index >= 15 is 0 Å². The van der Waals surface area contributed by atoms with Crippen molar-refractivity contribution in [2.45, 2.75) is 83.0 Å². The van der Waals surface area contributed by atoms with Gasteiger partial charge in [-0.2, -0.15) is 0 Å². The summed E-state index contributed by atoms with van der Waals surface area (Å²) in [7, 11) is 1.72. The highest BCUT2D eigenvalue weighted by atomic mass is 16.5. The van der Waals surface area contributed by atoms with E-state index in [1.165, 1.54) is 12.8 Å². The van der Waals surface area contributed by atoms with Gasteiger partial charge in [0.05, 0.1) is 12.0 Å². The average molecular weight is 337 g/mol. The zero-order valence-corrected chi connectivity index (χ0v) is 15.0. The summed E-state index contributed by atoms with van der Waals surface area (Å²) in [6, 6.07) is 0.332.